The smallest absolute Gasteiger partial charge is 0.233 e. The van der Waals surface area contributed by atoms with Crippen molar-refractivity contribution in [2.45, 2.75) is 30.6 Å². The van der Waals surface area contributed by atoms with Gasteiger partial charge < -0.3 is 9.47 Å². The van der Waals surface area contributed by atoms with E-state index in [1.807, 2.05) is 48.3 Å². The Kier molecular flexibility index (Phi) is 4.92. The Balaban J connectivity index is 1.61. The standard InChI is InChI=1S/C20H20ClN3OS/c1-23(16-8-9-16)19(25)13-26-20-22-17-11-15(21)7-10-18(17)24(20)12-14-5-3-2-4-6-14/h2-7,10-11,16H,8-9,12-13H2,1H3. The van der Waals surface area contributed by atoms with Crippen molar-refractivity contribution < 1.29 is 4.79 Å². The largest absolute Gasteiger partial charge is 0.342 e. The molecule has 3 aromatic rings. The SMILES string of the molecule is CN(C(=O)CSc1nc2cc(Cl)ccc2n1Cc1ccccc1)C1CC1. The average molecular weight is 386 g/mol. The number of hydrogen-bond acceptors (Lipinski definition) is 3. The fraction of sp³-hybridized carbons (Fsp3) is 0.300. The number of amides is 1. The zero-order chi connectivity index (χ0) is 18.1. The van der Waals surface area contributed by atoms with Crippen molar-refractivity contribution >= 4 is 40.3 Å². The number of halogens is 1. The van der Waals surface area contributed by atoms with Crippen molar-refractivity contribution in [2.24, 2.45) is 0 Å². The van der Waals surface area contributed by atoms with Gasteiger partial charge in [-0.3, -0.25) is 4.79 Å². The predicted molar refractivity (Wildman–Crippen MR) is 107 cm³/mol. The van der Waals surface area contributed by atoms with E-state index >= 15 is 0 Å². The second-order valence-corrected chi connectivity index (χ2v) is 8.00. The topological polar surface area (TPSA) is 38.1 Å². The lowest BCUT2D eigenvalue weighted by Gasteiger charge is -2.16. The predicted octanol–water partition coefficient (Wildman–Crippen LogP) is 4.45. The molecule has 1 heterocycles. The Morgan fingerprint density at radius 1 is 1.27 bits per heavy atom. The maximum absolute atomic E-state index is 12.4. The number of rotatable bonds is 6. The van der Waals surface area contributed by atoms with Crippen LogP contribution in [0.3, 0.4) is 0 Å². The minimum atomic E-state index is 0.161. The first-order valence-corrected chi connectivity index (χ1v) is 10.1. The van der Waals surface area contributed by atoms with E-state index in [0.29, 0.717) is 23.4 Å². The van der Waals surface area contributed by atoms with Crippen LogP contribution in [0.1, 0.15) is 18.4 Å². The number of aromatic nitrogens is 2. The monoisotopic (exact) mass is 385 g/mol. The molecule has 1 aliphatic rings. The second-order valence-electron chi connectivity index (χ2n) is 6.62. The van der Waals surface area contributed by atoms with E-state index in [1.165, 1.54) is 17.3 Å². The minimum absolute atomic E-state index is 0.161. The molecule has 26 heavy (non-hydrogen) atoms. The zero-order valence-electron chi connectivity index (χ0n) is 14.6. The highest BCUT2D eigenvalue weighted by molar-refractivity contribution is 7.99. The van der Waals surface area contributed by atoms with Gasteiger partial charge in [-0.15, -0.1) is 0 Å². The van der Waals surface area contributed by atoms with Crippen LogP contribution in [0.25, 0.3) is 11.0 Å². The molecule has 0 bridgehead atoms. The number of carbonyl (C=O) groups is 1. The summed E-state index contributed by atoms with van der Waals surface area (Å²) in [4.78, 5) is 19.0. The first kappa shape index (κ1) is 17.4. The maximum atomic E-state index is 12.4. The minimum Gasteiger partial charge on any atom is -0.342 e. The van der Waals surface area contributed by atoms with Gasteiger partial charge in [0, 0.05) is 18.1 Å². The molecule has 0 spiro atoms. The van der Waals surface area contributed by atoms with E-state index < -0.39 is 0 Å². The summed E-state index contributed by atoms with van der Waals surface area (Å²) >= 11 is 7.63. The van der Waals surface area contributed by atoms with Gasteiger partial charge in [0.15, 0.2) is 5.16 Å². The Labute approximate surface area is 162 Å². The summed E-state index contributed by atoms with van der Waals surface area (Å²) in [7, 11) is 1.90. The molecule has 0 unspecified atom stereocenters. The molecule has 2 aromatic carbocycles. The highest BCUT2D eigenvalue weighted by atomic mass is 35.5. The number of fused-ring (bicyclic) bond motifs is 1. The molecule has 0 N–H and O–H groups in total. The molecule has 1 fully saturated rings. The van der Waals surface area contributed by atoms with Gasteiger partial charge in [-0.1, -0.05) is 53.7 Å². The third kappa shape index (κ3) is 3.74. The van der Waals surface area contributed by atoms with Crippen molar-refractivity contribution in [3.8, 4) is 0 Å². The molecular weight excluding hydrogens is 366 g/mol. The first-order valence-electron chi connectivity index (χ1n) is 8.70. The molecule has 1 aromatic heterocycles. The van der Waals surface area contributed by atoms with E-state index in [1.54, 1.807) is 0 Å². The Bertz CT molecular complexity index is 937. The number of imidazole rings is 1. The quantitative estimate of drug-likeness (QED) is 0.588. The molecule has 1 amide bonds. The molecule has 0 saturated heterocycles. The van der Waals surface area contributed by atoms with Crippen molar-refractivity contribution in [2.75, 3.05) is 12.8 Å². The Hall–Kier alpha value is -1.98. The number of hydrogen-bond donors (Lipinski definition) is 0. The lowest BCUT2D eigenvalue weighted by molar-refractivity contribution is -0.127. The average Bonchev–Trinajstić information content (AvgIpc) is 3.44. The van der Waals surface area contributed by atoms with E-state index in [9.17, 15) is 4.79 Å². The molecule has 6 heteroatoms. The van der Waals surface area contributed by atoms with Gasteiger partial charge >= 0.3 is 0 Å². The maximum Gasteiger partial charge on any atom is 0.233 e. The van der Waals surface area contributed by atoms with Gasteiger partial charge in [0.25, 0.3) is 0 Å². The summed E-state index contributed by atoms with van der Waals surface area (Å²) in [6, 6.07) is 16.5. The van der Waals surface area contributed by atoms with Gasteiger partial charge in [0.1, 0.15) is 0 Å². The number of thioether (sulfide) groups is 1. The lowest BCUT2D eigenvalue weighted by atomic mass is 10.2. The van der Waals surface area contributed by atoms with Crippen LogP contribution in [-0.4, -0.2) is 39.2 Å². The molecule has 0 radical (unpaired) electrons. The van der Waals surface area contributed by atoms with Gasteiger partial charge in [0.2, 0.25) is 5.91 Å². The third-order valence-corrected chi connectivity index (χ3v) is 5.87. The lowest BCUT2D eigenvalue weighted by Crippen LogP contribution is -2.30. The van der Waals surface area contributed by atoms with Crippen LogP contribution in [0.4, 0.5) is 0 Å². The van der Waals surface area contributed by atoms with Gasteiger partial charge in [-0.25, -0.2) is 4.98 Å². The van der Waals surface area contributed by atoms with Crippen LogP contribution in [0, 0.1) is 0 Å². The zero-order valence-corrected chi connectivity index (χ0v) is 16.1. The highest BCUT2D eigenvalue weighted by Gasteiger charge is 2.29. The number of carbonyl (C=O) groups excluding carboxylic acids is 1. The fourth-order valence-corrected chi connectivity index (χ4v) is 4.11. The number of nitrogens with zero attached hydrogens (tertiary/aromatic N) is 3. The van der Waals surface area contributed by atoms with E-state index in [-0.39, 0.29) is 5.91 Å². The van der Waals surface area contributed by atoms with Crippen molar-refractivity contribution in [1.82, 2.24) is 14.5 Å². The summed E-state index contributed by atoms with van der Waals surface area (Å²) in [5.74, 6) is 0.563. The van der Waals surface area contributed by atoms with Gasteiger partial charge in [0.05, 0.1) is 23.3 Å². The Morgan fingerprint density at radius 3 is 2.77 bits per heavy atom. The summed E-state index contributed by atoms with van der Waals surface area (Å²) in [6.07, 6.45) is 2.25. The normalized spacial score (nSPS) is 13.9. The van der Waals surface area contributed by atoms with Crippen molar-refractivity contribution in [1.29, 1.82) is 0 Å². The summed E-state index contributed by atoms with van der Waals surface area (Å²) in [6.45, 7) is 0.716. The van der Waals surface area contributed by atoms with E-state index in [4.69, 9.17) is 16.6 Å². The molecule has 1 saturated carbocycles. The van der Waals surface area contributed by atoms with E-state index in [2.05, 4.69) is 16.7 Å². The van der Waals surface area contributed by atoms with Gasteiger partial charge in [-0.2, -0.15) is 0 Å². The third-order valence-electron chi connectivity index (χ3n) is 4.67. The molecule has 0 atom stereocenters. The summed E-state index contributed by atoms with van der Waals surface area (Å²) < 4.78 is 2.16. The Morgan fingerprint density at radius 2 is 2.04 bits per heavy atom. The molecule has 1 aliphatic carbocycles. The first-order chi connectivity index (χ1) is 12.6. The van der Waals surface area contributed by atoms with Crippen LogP contribution < -0.4 is 0 Å². The second kappa shape index (κ2) is 7.33. The van der Waals surface area contributed by atoms with Crippen LogP contribution in [0.2, 0.25) is 5.02 Å². The molecule has 4 nitrogen and oxygen atoms in total. The van der Waals surface area contributed by atoms with Crippen molar-refractivity contribution in [3.05, 3.63) is 59.1 Å². The summed E-state index contributed by atoms with van der Waals surface area (Å²) in [5, 5.41) is 1.52. The number of benzene rings is 2. The molecule has 4 rings (SSSR count). The van der Waals surface area contributed by atoms with Crippen LogP contribution in [-0.2, 0) is 11.3 Å². The van der Waals surface area contributed by atoms with Crippen LogP contribution in [0.15, 0.2) is 53.7 Å². The highest BCUT2D eigenvalue weighted by Crippen LogP contribution is 2.29. The molecular formula is C20H20ClN3OS. The summed E-state index contributed by atoms with van der Waals surface area (Å²) in [5.41, 5.74) is 3.09. The molecule has 134 valence electrons. The molecule has 0 aliphatic heterocycles. The van der Waals surface area contributed by atoms with Crippen molar-refractivity contribution in [3.63, 3.8) is 0 Å². The van der Waals surface area contributed by atoms with Crippen LogP contribution >= 0.6 is 23.4 Å². The van der Waals surface area contributed by atoms with E-state index in [0.717, 1.165) is 29.0 Å². The fourth-order valence-electron chi connectivity index (χ4n) is 3.00. The van der Waals surface area contributed by atoms with Crippen LogP contribution in [0.5, 0.6) is 0 Å². The van der Waals surface area contributed by atoms with Gasteiger partial charge in [-0.05, 0) is 36.6 Å².